The van der Waals surface area contributed by atoms with Gasteiger partial charge >= 0.3 is 5.69 Å². The summed E-state index contributed by atoms with van der Waals surface area (Å²) in [6.45, 7) is 5.46. The summed E-state index contributed by atoms with van der Waals surface area (Å²) >= 11 is 0. The largest absolute Gasteiger partial charge is 0.368 e. The van der Waals surface area contributed by atoms with Crippen molar-refractivity contribution in [3.8, 4) is 0 Å². The first-order valence-corrected chi connectivity index (χ1v) is 15.1. The summed E-state index contributed by atoms with van der Waals surface area (Å²) in [5, 5.41) is 15.2. The highest BCUT2D eigenvalue weighted by Crippen LogP contribution is 2.32. The first kappa shape index (κ1) is 30.6. The molecule has 9 heteroatoms. The van der Waals surface area contributed by atoms with Crippen molar-refractivity contribution in [2.75, 3.05) is 47.8 Å². The first-order valence-electron chi connectivity index (χ1n) is 15.1. The van der Waals surface area contributed by atoms with Gasteiger partial charge in [-0.3, -0.25) is 10.1 Å². The average Bonchev–Trinajstić information content (AvgIpc) is 2.95. The third-order valence-corrected chi connectivity index (χ3v) is 7.58. The standard InChI is InChI=1S/C30H47FN6O2/c1-2-3-4-5-6-7-8-9-10-11-12-13-14-15-20-32-29-28(37(38)39)30(34-25-33-29)36-23-21-35(22-24-36)27-18-16-26(31)17-19-27/h16-19,25H,2-15,20-24H2,1H3,(H,32,33,34). The molecule has 0 atom stereocenters. The number of anilines is 3. The summed E-state index contributed by atoms with van der Waals surface area (Å²) < 4.78 is 13.2. The fraction of sp³-hybridized carbons (Fsp3) is 0.667. The zero-order valence-corrected chi connectivity index (χ0v) is 23.8. The molecular weight excluding hydrogens is 495 g/mol. The van der Waals surface area contributed by atoms with Crippen molar-refractivity contribution in [2.24, 2.45) is 0 Å². The topological polar surface area (TPSA) is 87.4 Å². The summed E-state index contributed by atoms with van der Waals surface area (Å²) in [5.41, 5.74) is 0.891. The lowest BCUT2D eigenvalue weighted by molar-refractivity contribution is -0.383. The third kappa shape index (κ3) is 10.6. The molecule has 216 valence electrons. The fourth-order valence-corrected chi connectivity index (χ4v) is 5.25. The van der Waals surface area contributed by atoms with Gasteiger partial charge in [0.25, 0.3) is 0 Å². The van der Waals surface area contributed by atoms with E-state index in [0.717, 1.165) is 18.5 Å². The molecule has 2 heterocycles. The van der Waals surface area contributed by atoms with Gasteiger partial charge in [-0.15, -0.1) is 0 Å². The number of hydrogen-bond acceptors (Lipinski definition) is 7. The van der Waals surface area contributed by atoms with Crippen molar-refractivity contribution >= 4 is 23.0 Å². The Morgan fingerprint density at radius 1 is 0.795 bits per heavy atom. The van der Waals surface area contributed by atoms with Crippen molar-refractivity contribution in [1.82, 2.24) is 9.97 Å². The summed E-state index contributed by atoms with van der Waals surface area (Å²) in [6, 6.07) is 6.43. The van der Waals surface area contributed by atoms with Gasteiger partial charge in [-0.1, -0.05) is 90.4 Å². The number of unbranched alkanes of at least 4 members (excludes halogenated alkanes) is 13. The van der Waals surface area contributed by atoms with Crippen LogP contribution in [-0.2, 0) is 0 Å². The van der Waals surface area contributed by atoms with E-state index < -0.39 is 0 Å². The van der Waals surface area contributed by atoms with Crippen LogP contribution in [0.15, 0.2) is 30.6 Å². The lowest BCUT2D eigenvalue weighted by Gasteiger charge is -2.36. The number of hydrogen-bond donors (Lipinski definition) is 1. The van der Waals surface area contributed by atoms with E-state index in [2.05, 4.69) is 27.1 Å². The van der Waals surface area contributed by atoms with E-state index in [1.54, 1.807) is 12.1 Å². The number of halogens is 1. The Bertz CT molecular complexity index is 966. The summed E-state index contributed by atoms with van der Waals surface area (Å²) in [4.78, 5) is 24.2. The van der Waals surface area contributed by atoms with Gasteiger partial charge in [0.05, 0.1) is 4.92 Å². The lowest BCUT2D eigenvalue weighted by Crippen LogP contribution is -2.47. The van der Waals surface area contributed by atoms with Crippen LogP contribution in [-0.4, -0.2) is 47.6 Å². The molecule has 0 unspecified atom stereocenters. The van der Waals surface area contributed by atoms with Crippen molar-refractivity contribution in [2.45, 2.75) is 96.8 Å². The molecule has 39 heavy (non-hydrogen) atoms. The molecule has 1 aromatic heterocycles. The minimum absolute atomic E-state index is 0.0573. The van der Waals surface area contributed by atoms with Crippen LogP contribution in [0.3, 0.4) is 0 Å². The second-order valence-electron chi connectivity index (χ2n) is 10.6. The number of aromatic nitrogens is 2. The van der Waals surface area contributed by atoms with Crippen molar-refractivity contribution in [1.29, 1.82) is 0 Å². The molecular formula is C30H47FN6O2. The SMILES string of the molecule is CCCCCCCCCCCCCCCCNc1ncnc(N2CCN(c3ccc(F)cc3)CC2)c1[N+](=O)[O-]. The molecule has 3 rings (SSSR count). The number of piperazine rings is 1. The van der Waals surface area contributed by atoms with Crippen molar-refractivity contribution in [3.05, 3.63) is 46.5 Å². The molecule has 0 amide bonds. The highest BCUT2D eigenvalue weighted by molar-refractivity contribution is 5.70. The Morgan fingerprint density at radius 3 is 1.85 bits per heavy atom. The average molecular weight is 543 g/mol. The van der Waals surface area contributed by atoms with Crippen LogP contribution in [0, 0.1) is 15.9 Å². The van der Waals surface area contributed by atoms with Crippen LogP contribution >= 0.6 is 0 Å². The van der Waals surface area contributed by atoms with Crippen LogP contribution < -0.4 is 15.1 Å². The Kier molecular flexibility index (Phi) is 13.8. The molecule has 2 aromatic rings. The van der Waals surface area contributed by atoms with Gasteiger partial charge in [-0.25, -0.2) is 14.4 Å². The van der Waals surface area contributed by atoms with E-state index in [-0.39, 0.29) is 16.4 Å². The molecule has 1 aliphatic rings. The van der Waals surface area contributed by atoms with Gasteiger partial charge in [0.1, 0.15) is 12.1 Å². The van der Waals surface area contributed by atoms with Gasteiger partial charge < -0.3 is 15.1 Å². The van der Waals surface area contributed by atoms with Gasteiger partial charge in [0, 0.05) is 38.4 Å². The van der Waals surface area contributed by atoms with Gasteiger partial charge in [0.2, 0.25) is 11.6 Å². The normalized spacial score (nSPS) is 13.6. The zero-order valence-electron chi connectivity index (χ0n) is 23.8. The first-order chi connectivity index (χ1) is 19.1. The van der Waals surface area contributed by atoms with Gasteiger partial charge in [-0.05, 0) is 30.7 Å². The minimum Gasteiger partial charge on any atom is -0.368 e. The molecule has 0 spiro atoms. The molecule has 0 aliphatic carbocycles. The highest BCUT2D eigenvalue weighted by Gasteiger charge is 2.29. The Labute approximate surface area is 233 Å². The molecule has 0 bridgehead atoms. The van der Waals surface area contributed by atoms with Crippen LogP contribution in [0.1, 0.15) is 96.8 Å². The predicted molar refractivity (Wildman–Crippen MR) is 158 cm³/mol. The maximum atomic E-state index is 13.2. The van der Waals surface area contributed by atoms with Gasteiger partial charge in [0.15, 0.2) is 0 Å². The smallest absolute Gasteiger partial charge is 0.353 e. The second kappa shape index (κ2) is 17.6. The van der Waals surface area contributed by atoms with E-state index in [1.165, 1.54) is 95.5 Å². The maximum Gasteiger partial charge on any atom is 0.353 e. The molecule has 1 aromatic carbocycles. The molecule has 1 aliphatic heterocycles. The molecule has 8 nitrogen and oxygen atoms in total. The monoisotopic (exact) mass is 542 g/mol. The predicted octanol–water partition coefficient (Wildman–Crippen LogP) is 7.74. The maximum absolute atomic E-state index is 13.2. The second-order valence-corrected chi connectivity index (χ2v) is 10.6. The Hall–Kier alpha value is -2.97. The van der Waals surface area contributed by atoms with E-state index in [4.69, 9.17) is 0 Å². The number of benzene rings is 1. The molecule has 1 fully saturated rings. The van der Waals surface area contributed by atoms with Crippen molar-refractivity contribution in [3.63, 3.8) is 0 Å². The van der Waals surface area contributed by atoms with Crippen LogP contribution in [0.25, 0.3) is 0 Å². The molecule has 0 radical (unpaired) electrons. The van der Waals surface area contributed by atoms with E-state index in [9.17, 15) is 14.5 Å². The summed E-state index contributed by atoms with van der Waals surface area (Å²) in [7, 11) is 0. The number of rotatable bonds is 19. The Morgan fingerprint density at radius 2 is 1.31 bits per heavy atom. The van der Waals surface area contributed by atoms with E-state index in [1.807, 2.05) is 4.90 Å². The number of nitro groups is 1. The summed E-state index contributed by atoms with van der Waals surface area (Å²) in [5.74, 6) is 0.390. The minimum atomic E-state index is -0.380. The number of nitrogens with one attached hydrogen (secondary N) is 1. The van der Waals surface area contributed by atoms with E-state index >= 15 is 0 Å². The van der Waals surface area contributed by atoms with E-state index in [0.29, 0.717) is 44.4 Å². The Balaban J connectivity index is 1.33. The van der Waals surface area contributed by atoms with Crippen LogP contribution in [0.5, 0.6) is 0 Å². The number of nitrogens with zero attached hydrogens (tertiary/aromatic N) is 5. The zero-order chi connectivity index (χ0) is 27.7. The summed E-state index contributed by atoms with van der Waals surface area (Å²) in [6.07, 6.45) is 19.6. The lowest BCUT2D eigenvalue weighted by atomic mass is 10.0. The molecule has 1 N–H and O–H groups in total. The molecule has 1 saturated heterocycles. The fourth-order valence-electron chi connectivity index (χ4n) is 5.25. The third-order valence-electron chi connectivity index (χ3n) is 7.58. The van der Waals surface area contributed by atoms with Crippen molar-refractivity contribution < 1.29 is 9.31 Å². The van der Waals surface area contributed by atoms with Gasteiger partial charge in [-0.2, -0.15) is 0 Å². The van der Waals surface area contributed by atoms with Crippen LogP contribution in [0.4, 0.5) is 27.4 Å². The highest BCUT2D eigenvalue weighted by atomic mass is 19.1. The molecule has 0 saturated carbocycles. The van der Waals surface area contributed by atoms with Crippen LogP contribution in [0.2, 0.25) is 0 Å². The quantitative estimate of drug-likeness (QED) is 0.110.